The van der Waals surface area contributed by atoms with Gasteiger partial charge >= 0.3 is 5.69 Å². The summed E-state index contributed by atoms with van der Waals surface area (Å²) in [6.45, 7) is -0.148. The SMILES string of the molecule is Cn1c(=O)c2ccc(C(=O)NCC(=O)NC3CCCCC3)nc2n(C)c1=O. The van der Waals surface area contributed by atoms with E-state index in [0.29, 0.717) is 0 Å². The minimum Gasteiger partial charge on any atom is -0.352 e. The summed E-state index contributed by atoms with van der Waals surface area (Å²) in [6.07, 6.45) is 5.35. The topological polar surface area (TPSA) is 115 Å². The molecule has 0 atom stereocenters. The number of nitrogens with one attached hydrogen (secondary N) is 2. The van der Waals surface area contributed by atoms with Crippen molar-refractivity contribution in [2.24, 2.45) is 14.1 Å². The highest BCUT2D eigenvalue weighted by atomic mass is 16.2. The van der Waals surface area contributed by atoms with Gasteiger partial charge in [-0.1, -0.05) is 19.3 Å². The normalized spacial score (nSPS) is 14.9. The van der Waals surface area contributed by atoms with Crippen LogP contribution in [0.3, 0.4) is 0 Å². The Morgan fingerprint density at radius 3 is 2.52 bits per heavy atom. The number of fused-ring (bicyclic) bond motifs is 1. The van der Waals surface area contributed by atoms with Crippen molar-refractivity contribution in [1.29, 1.82) is 0 Å². The number of carbonyl (C=O) groups excluding carboxylic acids is 2. The van der Waals surface area contributed by atoms with Crippen molar-refractivity contribution < 1.29 is 9.59 Å². The third-order valence-corrected chi connectivity index (χ3v) is 4.91. The molecule has 0 bridgehead atoms. The fourth-order valence-electron chi connectivity index (χ4n) is 3.36. The van der Waals surface area contributed by atoms with Crippen LogP contribution in [0.15, 0.2) is 21.7 Å². The van der Waals surface area contributed by atoms with E-state index in [1.165, 1.54) is 37.2 Å². The van der Waals surface area contributed by atoms with E-state index in [0.717, 1.165) is 30.3 Å². The van der Waals surface area contributed by atoms with E-state index in [1.807, 2.05) is 0 Å². The van der Waals surface area contributed by atoms with Crippen LogP contribution in [0.5, 0.6) is 0 Å². The Bertz CT molecular complexity index is 1000. The standard InChI is InChI=1S/C18H23N5O4/c1-22-15-12(17(26)23(2)18(22)27)8-9-13(21-15)16(25)19-10-14(24)20-11-6-4-3-5-7-11/h8-9,11H,3-7,10H2,1-2H3,(H,19,25)(H,20,24). The molecule has 3 rings (SSSR count). The quantitative estimate of drug-likeness (QED) is 0.771. The fourth-order valence-corrected chi connectivity index (χ4v) is 3.36. The van der Waals surface area contributed by atoms with Crippen LogP contribution in [0.25, 0.3) is 11.0 Å². The van der Waals surface area contributed by atoms with E-state index in [2.05, 4.69) is 15.6 Å². The van der Waals surface area contributed by atoms with E-state index in [1.54, 1.807) is 0 Å². The van der Waals surface area contributed by atoms with Crippen molar-refractivity contribution >= 4 is 22.8 Å². The number of nitrogens with zero attached hydrogens (tertiary/aromatic N) is 3. The van der Waals surface area contributed by atoms with Crippen LogP contribution in [-0.4, -0.2) is 38.5 Å². The van der Waals surface area contributed by atoms with Gasteiger partial charge < -0.3 is 10.6 Å². The number of aryl methyl sites for hydroxylation is 1. The third-order valence-electron chi connectivity index (χ3n) is 4.91. The van der Waals surface area contributed by atoms with Crippen molar-refractivity contribution in [3.05, 3.63) is 38.7 Å². The summed E-state index contributed by atoms with van der Waals surface area (Å²) in [5.74, 6) is -0.777. The second-order valence-electron chi connectivity index (χ2n) is 6.86. The van der Waals surface area contributed by atoms with Crippen molar-refractivity contribution in [3.8, 4) is 0 Å². The second-order valence-corrected chi connectivity index (χ2v) is 6.86. The maximum Gasteiger partial charge on any atom is 0.332 e. The van der Waals surface area contributed by atoms with Crippen LogP contribution in [0, 0.1) is 0 Å². The first-order valence-corrected chi connectivity index (χ1v) is 9.03. The van der Waals surface area contributed by atoms with Gasteiger partial charge in [0.1, 0.15) is 11.3 Å². The number of pyridine rings is 1. The summed E-state index contributed by atoms with van der Waals surface area (Å²) < 4.78 is 2.20. The predicted molar refractivity (Wildman–Crippen MR) is 99.6 cm³/mol. The maximum atomic E-state index is 12.3. The molecule has 9 nitrogen and oxygen atoms in total. The third kappa shape index (κ3) is 3.91. The summed E-state index contributed by atoms with van der Waals surface area (Å²) in [5, 5.41) is 5.69. The zero-order valence-electron chi connectivity index (χ0n) is 15.4. The second kappa shape index (κ2) is 7.73. The molecule has 2 heterocycles. The average Bonchev–Trinajstić information content (AvgIpc) is 2.69. The van der Waals surface area contributed by atoms with E-state index in [-0.39, 0.29) is 35.2 Å². The van der Waals surface area contributed by atoms with Gasteiger partial charge in [-0.3, -0.25) is 23.5 Å². The zero-order valence-corrected chi connectivity index (χ0v) is 15.4. The Kier molecular flexibility index (Phi) is 5.38. The van der Waals surface area contributed by atoms with E-state index in [4.69, 9.17) is 0 Å². The number of hydrogen-bond acceptors (Lipinski definition) is 5. The Hall–Kier alpha value is -2.97. The van der Waals surface area contributed by atoms with E-state index < -0.39 is 17.2 Å². The molecule has 1 aliphatic rings. The molecule has 0 saturated heterocycles. The van der Waals surface area contributed by atoms with Gasteiger partial charge in [-0.2, -0.15) is 0 Å². The summed E-state index contributed by atoms with van der Waals surface area (Å²) in [6, 6.07) is 3.04. The molecular formula is C18H23N5O4. The van der Waals surface area contributed by atoms with Gasteiger partial charge in [0, 0.05) is 20.1 Å². The molecule has 1 aliphatic carbocycles. The summed E-state index contributed by atoms with van der Waals surface area (Å²) in [7, 11) is 2.87. The smallest absolute Gasteiger partial charge is 0.332 e. The molecule has 27 heavy (non-hydrogen) atoms. The lowest BCUT2D eigenvalue weighted by atomic mass is 9.95. The predicted octanol–water partition coefficient (Wildman–Crippen LogP) is -0.189. The molecule has 1 saturated carbocycles. The van der Waals surface area contributed by atoms with Gasteiger partial charge in [0.05, 0.1) is 11.9 Å². The van der Waals surface area contributed by atoms with Crippen LogP contribution < -0.4 is 21.9 Å². The molecule has 0 spiro atoms. The monoisotopic (exact) mass is 373 g/mol. The van der Waals surface area contributed by atoms with Gasteiger partial charge in [-0.15, -0.1) is 0 Å². The molecule has 2 aromatic rings. The highest BCUT2D eigenvalue weighted by molar-refractivity contribution is 5.96. The van der Waals surface area contributed by atoms with Gasteiger partial charge in [0.25, 0.3) is 11.5 Å². The van der Waals surface area contributed by atoms with Crippen LogP contribution >= 0.6 is 0 Å². The van der Waals surface area contributed by atoms with Gasteiger partial charge in [-0.05, 0) is 25.0 Å². The summed E-state index contributed by atoms with van der Waals surface area (Å²) >= 11 is 0. The summed E-state index contributed by atoms with van der Waals surface area (Å²) in [4.78, 5) is 52.6. The fraction of sp³-hybridized carbons (Fsp3) is 0.500. The molecule has 0 radical (unpaired) electrons. The van der Waals surface area contributed by atoms with Crippen molar-refractivity contribution in [2.45, 2.75) is 38.1 Å². The van der Waals surface area contributed by atoms with E-state index in [9.17, 15) is 19.2 Å². The number of hydrogen-bond donors (Lipinski definition) is 2. The average molecular weight is 373 g/mol. The van der Waals surface area contributed by atoms with Crippen molar-refractivity contribution in [2.75, 3.05) is 6.54 Å². The highest BCUT2D eigenvalue weighted by Crippen LogP contribution is 2.17. The van der Waals surface area contributed by atoms with Crippen LogP contribution in [0.1, 0.15) is 42.6 Å². The van der Waals surface area contributed by atoms with Gasteiger partial charge in [0.2, 0.25) is 5.91 Å². The minimum atomic E-state index is -0.538. The Balaban J connectivity index is 1.71. The molecule has 144 valence electrons. The molecular weight excluding hydrogens is 350 g/mol. The molecule has 0 aliphatic heterocycles. The summed E-state index contributed by atoms with van der Waals surface area (Å²) in [5.41, 5.74) is -0.831. The van der Waals surface area contributed by atoms with Crippen molar-refractivity contribution in [3.63, 3.8) is 0 Å². The number of aromatic nitrogens is 3. The lowest BCUT2D eigenvalue weighted by Gasteiger charge is -2.22. The molecule has 9 heteroatoms. The Morgan fingerprint density at radius 1 is 1.11 bits per heavy atom. The lowest BCUT2D eigenvalue weighted by Crippen LogP contribution is -2.43. The number of carbonyl (C=O) groups is 2. The molecule has 2 aromatic heterocycles. The molecule has 0 aromatic carbocycles. The number of rotatable bonds is 4. The van der Waals surface area contributed by atoms with Crippen LogP contribution in [0.2, 0.25) is 0 Å². The Morgan fingerprint density at radius 2 is 1.81 bits per heavy atom. The molecule has 1 fully saturated rings. The number of amides is 2. The first-order valence-electron chi connectivity index (χ1n) is 9.03. The molecule has 0 unspecified atom stereocenters. The highest BCUT2D eigenvalue weighted by Gasteiger charge is 2.17. The first-order chi connectivity index (χ1) is 12.9. The first kappa shape index (κ1) is 18.8. The van der Waals surface area contributed by atoms with E-state index >= 15 is 0 Å². The zero-order chi connectivity index (χ0) is 19.6. The lowest BCUT2D eigenvalue weighted by molar-refractivity contribution is -0.121. The Labute approximate surface area is 155 Å². The van der Waals surface area contributed by atoms with Crippen molar-refractivity contribution in [1.82, 2.24) is 24.8 Å². The van der Waals surface area contributed by atoms with Gasteiger partial charge in [0.15, 0.2) is 0 Å². The van der Waals surface area contributed by atoms with Crippen LogP contribution in [0.4, 0.5) is 0 Å². The van der Waals surface area contributed by atoms with Gasteiger partial charge in [-0.25, -0.2) is 9.78 Å². The molecule has 2 amide bonds. The largest absolute Gasteiger partial charge is 0.352 e. The minimum absolute atomic E-state index is 0.0382. The maximum absolute atomic E-state index is 12.3. The molecule has 2 N–H and O–H groups in total. The van der Waals surface area contributed by atoms with Crippen LogP contribution in [-0.2, 0) is 18.9 Å².